The second-order valence-electron chi connectivity index (χ2n) is 6.64. The zero-order valence-electron chi connectivity index (χ0n) is 12.3. The number of amides is 2. The van der Waals surface area contributed by atoms with Crippen LogP contribution in [0.2, 0.25) is 0 Å². The summed E-state index contributed by atoms with van der Waals surface area (Å²) in [5.41, 5.74) is 3.26. The Morgan fingerprint density at radius 1 is 0.913 bits per heavy atom. The summed E-state index contributed by atoms with van der Waals surface area (Å²) in [5.74, 6) is -1.56. The van der Waals surface area contributed by atoms with E-state index in [4.69, 9.17) is 0 Å². The summed E-state index contributed by atoms with van der Waals surface area (Å²) in [6.07, 6.45) is 0. The molecule has 3 aliphatic carbocycles. The molecule has 0 saturated carbocycles. The van der Waals surface area contributed by atoms with Gasteiger partial charge in [-0.1, -0.05) is 48.5 Å². The monoisotopic (exact) mass is 305 g/mol. The number of aliphatic hydroxyl groups is 1. The highest BCUT2D eigenvalue weighted by Gasteiger charge is 2.65. The number of rotatable bonds is 1. The molecule has 1 aliphatic heterocycles. The van der Waals surface area contributed by atoms with Gasteiger partial charge in [0.2, 0.25) is 11.8 Å². The number of benzene rings is 2. The van der Waals surface area contributed by atoms with E-state index in [-0.39, 0.29) is 24.3 Å². The van der Waals surface area contributed by atoms with Crippen LogP contribution in [-0.2, 0) is 15.0 Å². The average Bonchev–Trinajstić information content (AvgIpc) is 2.90. The lowest BCUT2D eigenvalue weighted by molar-refractivity contribution is -0.126. The van der Waals surface area contributed by atoms with E-state index in [1.165, 1.54) is 0 Å². The van der Waals surface area contributed by atoms with Crippen molar-refractivity contribution >= 4 is 11.8 Å². The summed E-state index contributed by atoms with van der Waals surface area (Å²) in [6.45, 7) is -0.185. The van der Waals surface area contributed by atoms with Crippen LogP contribution >= 0.6 is 0 Å². The van der Waals surface area contributed by atoms with E-state index in [1.807, 2.05) is 48.5 Å². The third-order valence-electron chi connectivity index (χ3n) is 5.88. The molecule has 6 rings (SSSR count). The quantitative estimate of drug-likeness (QED) is 0.781. The first-order chi connectivity index (χ1) is 11.2. The predicted molar refractivity (Wildman–Crippen MR) is 82.7 cm³/mol. The maximum Gasteiger partial charge on any atom is 0.231 e. The van der Waals surface area contributed by atoms with Crippen LogP contribution in [0.4, 0.5) is 0 Å². The molecule has 0 spiro atoms. The Morgan fingerprint density at radius 3 is 2.04 bits per heavy atom. The number of carbonyl (C=O) groups excluding carboxylic acids is 2. The van der Waals surface area contributed by atoms with Crippen molar-refractivity contribution < 1.29 is 14.7 Å². The molecule has 0 radical (unpaired) electrons. The van der Waals surface area contributed by atoms with Gasteiger partial charge >= 0.3 is 0 Å². The largest absolute Gasteiger partial charge is 0.395 e. The number of hydrogen-bond donors (Lipinski definition) is 2. The van der Waals surface area contributed by atoms with Gasteiger partial charge in [-0.3, -0.25) is 14.9 Å². The van der Waals surface area contributed by atoms with Crippen LogP contribution in [0.3, 0.4) is 0 Å². The summed E-state index contributed by atoms with van der Waals surface area (Å²) in [5, 5.41) is 12.9. The molecule has 4 nitrogen and oxygen atoms in total. The smallest absolute Gasteiger partial charge is 0.231 e. The van der Waals surface area contributed by atoms with Gasteiger partial charge in [-0.05, 0) is 22.3 Å². The molecule has 2 atom stereocenters. The minimum absolute atomic E-state index is 0.118. The lowest BCUT2D eigenvalue weighted by Crippen LogP contribution is -2.55. The number of hydrogen-bond acceptors (Lipinski definition) is 3. The fourth-order valence-corrected chi connectivity index (χ4v) is 5.12. The molecule has 2 aromatic carbocycles. The molecule has 23 heavy (non-hydrogen) atoms. The molecule has 1 heterocycles. The minimum atomic E-state index is -0.831. The lowest BCUT2D eigenvalue weighted by atomic mass is 9.47. The van der Waals surface area contributed by atoms with Gasteiger partial charge in [0, 0.05) is 5.92 Å². The number of aliphatic hydroxyl groups excluding tert-OH is 1. The van der Waals surface area contributed by atoms with E-state index in [9.17, 15) is 14.7 Å². The Bertz CT molecular complexity index is 825. The molecule has 4 aliphatic rings. The van der Waals surface area contributed by atoms with Crippen LogP contribution < -0.4 is 5.32 Å². The van der Waals surface area contributed by atoms with Gasteiger partial charge in [-0.2, -0.15) is 0 Å². The Kier molecular flexibility index (Phi) is 2.31. The van der Waals surface area contributed by atoms with Crippen molar-refractivity contribution in [2.75, 3.05) is 6.61 Å². The Labute approximate surface area is 133 Å². The van der Waals surface area contributed by atoms with Gasteiger partial charge in [-0.25, -0.2) is 0 Å². The second-order valence-corrected chi connectivity index (χ2v) is 6.64. The third-order valence-corrected chi connectivity index (χ3v) is 5.88. The van der Waals surface area contributed by atoms with Crippen molar-refractivity contribution in [1.29, 1.82) is 0 Å². The van der Waals surface area contributed by atoms with Crippen molar-refractivity contribution in [2.24, 2.45) is 11.8 Å². The van der Waals surface area contributed by atoms with E-state index in [0.29, 0.717) is 0 Å². The van der Waals surface area contributed by atoms with Crippen LogP contribution in [0.15, 0.2) is 48.5 Å². The van der Waals surface area contributed by atoms with Crippen LogP contribution in [0, 0.1) is 11.8 Å². The molecule has 4 heteroatoms. The first-order valence-corrected chi connectivity index (χ1v) is 7.84. The standard InChI is InChI=1S/C19H15NO3/c21-9-19-12-7-3-1-5-10(12)14(11-6-2-4-8-13(11)19)15-16(19)18(23)20-17(15)22/h1-8,14-16,21H,9H2,(H,20,22,23)/t14?,15-,16+,19?/m0/s1. The number of imide groups is 1. The zero-order valence-corrected chi connectivity index (χ0v) is 12.3. The second kappa shape index (κ2) is 4.09. The van der Waals surface area contributed by atoms with Crippen molar-refractivity contribution in [3.05, 3.63) is 70.8 Å². The SMILES string of the molecule is O=C1NC(=O)[C@H]2[C@@H]1C1c3ccccc3C2(CO)c2ccccc21. The predicted octanol–water partition coefficient (Wildman–Crippen LogP) is 1.31. The van der Waals surface area contributed by atoms with Crippen LogP contribution in [-0.4, -0.2) is 23.5 Å². The van der Waals surface area contributed by atoms with Crippen LogP contribution in [0.25, 0.3) is 0 Å². The molecular weight excluding hydrogens is 290 g/mol. The molecule has 2 aromatic rings. The Hall–Kier alpha value is -2.46. The summed E-state index contributed by atoms with van der Waals surface area (Å²) in [7, 11) is 0. The minimum Gasteiger partial charge on any atom is -0.395 e. The maximum absolute atomic E-state index is 12.5. The van der Waals surface area contributed by atoms with Gasteiger partial charge in [0.15, 0.2) is 0 Å². The third kappa shape index (κ3) is 1.28. The molecule has 0 aromatic heterocycles. The number of nitrogens with one attached hydrogen (secondary N) is 1. The normalized spacial score (nSPS) is 33.0. The first-order valence-electron chi connectivity index (χ1n) is 7.84. The summed E-state index contributed by atoms with van der Waals surface area (Å²) in [4.78, 5) is 25.0. The van der Waals surface area contributed by atoms with Gasteiger partial charge in [-0.15, -0.1) is 0 Å². The van der Waals surface area contributed by atoms with Crippen molar-refractivity contribution in [2.45, 2.75) is 11.3 Å². The molecule has 114 valence electrons. The Balaban J connectivity index is 1.95. The summed E-state index contributed by atoms with van der Waals surface area (Å²) in [6, 6.07) is 15.8. The van der Waals surface area contributed by atoms with E-state index in [2.05, 4.69) is 5.32 Å². The van der Waals surface area contributed by atoms with E-state index >= 15 is 0 Å². The maximum atomic E-state index is 12.5. The topological polar surface area (TPSA) is 66.4 Å². The van der Waals surface area contributed by atoms with Gasteiger partial charge < -0.3 is 5.11 Å². The molecule has 0 unspecified atom stereocenters. The van der Waals surface area contributed by atoms with E-state index in [0.717, 1.165) is 22.3 Å². The van der Waals surface area contributed by atoms with Gasteiger partial charge in [0.25, 0.3) is 0 Å². The summed E-state index contributed by atoms with van der Waals surface area (Å²) < 4.78 is 0. The fourth-order valence-electron chi connectivity index (χ4n) is 5.12. The van der Waals surface area contributed by atoms with Crippen molar-refractivity contribution in [3.63, 3.8) is 0 Å². The van der Waals surface area contributed by atoms with Crippen molar-refractivity contribution in [1.82, 2.24) is 5.32 Å². The highest BCUT2D eigenvalue weighted by atomic mass is 16.3. The average molecular weight is 305 g/mol. The molecular formula is C19H15NO3. The highest BCUT2D eigenvalue weighted by Crippen LogP contribution is 2.62. The summed E-state index contributed by atoms with van der Waals surface area (Å²) >= 11 is 0. The highest BCUT2D eigenvalue weighted by molar-refractivity contribution is 6.08. The molecule has 2 bridgehead atoms. The Morgan fingerprint density at radius 2 is 1.48 bits per heavy atom. The zero-order chi connectivity index (χ0) is 15.8. The first kappa shape index (κ1) is 13.0. The van der Waals surface area contributed by atoms with Crippen molar-refractivity contribution in [3.8, 4) is 0 Å². The van der Waals surface area contributed by atoms with E-state index < -0.39 is 17.3 Å². The van der Waals surface area contributed by atoms with Crippen LogP contribution in [0.1, 0.15) is 28.2 Å². The van der Waals surface area contributed by atoms with Gasteiger partial charge in [0.05, 0.1) is 23.9 Å². The molecule has 2 N–H and O–H groups in total. The van der Waals surface area contributed by atoms with Crippen LogP contribution in [0.5, 0.6) is 0 Å². The fraction of sp³-hybridized carbons (Fsp3) is 0.263. The molecule has 2 amide bonds. The van der Waals surface area contributed by atoms with Gasteiger partial charge in [0.1, 0.15) is 0 Å². The molecule has 1 fully saturated rings. The number of carbonyl (C=O) groups is 2. The lowest BCUT2D eigenvalue weighted by Gasteiger charge is -2.53. The molecule has 1 saturated heterocycles. The van der Waals surface area contributed by atoms with E-state index in [1.54, 1.807) is 0 Å².